The Hall–Kier alpha value is -3.81. The van der Waals surface area contributed by atoms with Crippen molar-refractivity contribution >= 4 is 39.7 Å². The molecule has 8 heteroatoms. The monoisotopic (exact) mass is 429 g/mol. The van der Waals surface area contributed by atoms with Gasteiger partial charge >= 0.3 is 0 Å². The number of nitrogens with one attached hydrogen (secondary N) is 2. The van der Waals surface area contributed by atoms with Gasteiger partial charge in [0.2, 0.25) is 5.95 Å². The van der Waals surface area contributed by atoms with Gasteiger partial charge in [0.15, 0.2) is 0 Å². The minimum absolute atomic E-state index is 0.240. The second-order valence-corrected chi connectivity index (χ2v) is 7.96. The molecule has 1 aliphatic rings. The van der Waals surface area contributed by atoms with Crippen LogP contribution in [-0.2, 0) is 0 Å². The quantitative estimate of drug-likeness (QED) is 0.443. The fourth-order valence-corrected chi connectivity index (χ4v) is 4.05. The van der Waals surface area contributed by atoms with Gasteiger partial charge in [-0.25, -0.2) is 9.37 Å². The number of aromatic nitrogens is 4. The largest absolute Gasteiger partial charge is 0.369 e. The Kier molecular flexibility index (Phi) is 5.49. The standard InChI is InChI=1S/C24H24FN7/c1-16-6-5-7-18-20(15-27-31-23(16)18)29-22-10-11-26-24(30-22)28-17-8-9-21(19(25)14-17)32-12-3-2-4-13-32/h5-11,14-15H,2-4,12-13H2,1H3,(H2,26,28,29,30,31). The van der Waals surface area contributed by atoms with Crippen LogP contribution in [-0.4, -0.2) is 33.3 Å². The summed E-state index contributed by atoms with van der Waals surface area (Å²) in [5, 5.41) is 15.7. The first-order chi connectivity index (χ1) is 15.7. The van der Waals surface area contributed by atoms with Crippen LogP contribution in [0, 0.1) is 12.7 Å². The molecule has 0 amide bonds. The van der Waals surface area contributed by atoms with Crippen LogP contribution in [0.3, 0.4) is 0 Å². The lowest BCUT2D eigenvalue weighted by Crippen LogP contribution is -2.30. The molecule has 1 aliphatic heterocycles. The number of halogens is 1. The summed E-state index contributed by atoms with van der Waals surface area (Å²) >= 11 is 0. The van der Waals surface area contributed by atoms with Crippen LogP contribution in [0.4, 0.5) is 33.2 Å². The lowest BCUT2D eigenvalue weighted by atomic mass is 10.1. The summed E-state index contributed by atoms with van der Waals surface area (Å²) in [6.07, 6.45) is 6.75. The molecule has 0 saturated carbocycles. The number of fused-ring (bicyclic) bond motifs is 1. The number of hydrogen-bond acceptors (Lipinski definition) is 7. The molecule has 162 valence electrons. The molecular weight excluding hydrogens is 405 g/mol. The van der Waals surface area contributed by atoms with Crippen LogP contribution in [0.1, 0.15) is 24.8 Å². The minimum Gasteiger partial charge on any atom is -0.369 e. The van der Waals surface area contributed by atoms with Crippen molar-refractivity contribution in [2.24, 2.45) is 0 Å². The SMILES string of the molecule is Cc1cccc2c(Nc3ccnc(Nc4ccc(N5CCCCC5)c(F)c4)n3)cnnc12. The fraction of sp³-hybridized carbons (Fsp3) is 0.250. The highest BCUT2D eigenvalue weighted by Crippen LogP contribution is 2.28. The van der Waals surface area contributed by atoms with Gasteiger partial charge in [-0.1, -0.05) is 18.2 Å². The summed E-state index contributed by atoms with van der Waals surface area (Å²) in [4.78, 5) is 10.9. The van der Waals surface area contributed by atoms with Crippen molar-refractivity contribution in [3.05, 3.63) is 66.2 Å². The van der Waals surface area contributed by atoms with Crippen molar-refractivity contribution in [2.45, 2.75) is 26.2 Å². The van der Waals surface area contributed by atoms with Gasteiger partial charge in [-0.2, -0.15) is 15.2 Å². The van der Waals surface area contributed by atoms with Crippen molar-refractivity contribution in [1.82, 2.24) is 20.2 Å². The molecule has 0 atom stereocenters. The maximum Gasteiger partial charge on any atom is 0.229 e. The molecule has 2 aromatic carbocycles. The number of nitrogens with zero attached hydrogens (tertiary/aromatic N) is 5. The summed E-state index contributed by atoms with van der Waals surface area (Å²) in [6.45, 7) is 3.81. The Bertz CT molecular complexity index is 1250. The highest BCUT2D eigenvalue weighted by atomic mass is 19.1. The maximum atomic E-state index is 14.7. The van der Waals surface area contributed by atoms with Crippen molar-refractivity contribution in [3.8, 4) is 0 Å². The van der Waals surface area contributed by atoms with E-state index in [1.54, 1.807) is 18.5 Å². The minimum atomic E-state index is -0.240. The lowest BCUT2D eigenvalue weighted by Gasteiger charge is -2.29. The number of piperidine rings is 1. The molecule has 1 fully saturated rings. The van der Waals surface area contributed by atoms with Crippen molar-refractivity contribution in [3.63, 3.8) is 0 Å². The summed E-state index contributed by atoms with van der Waals surface area (Å²) in [5.74, 6) is 0.738. The molecule has 2 N–H and O–H groups in total. The normalized spacial score (nSPS) is 13.9. The van der Waals surface area contributed by atoms with E-state index in [4.69, 9.17) is 0 Å². The number of rotatable bonds is 5. The predicted molar refractivity (Wildman–Crippen MR) is 125 cm³/mol. The molecule has 0 aliphatic carbocycles. The average Bonchev–Trinajstić information content (AvgIpc) is 2.81. The second kappa shape index (κ2) is 8.74. The Balaban J connectivity index is 1.35. The van der Waals surface area contributed by atoms with Gasteiger partial charge in [0.25, 0.3) is 0 Å². The number of anilines is 5. The van der Waals surface area contributed by atoms with E-state index >= 15 is 0 Å². The van der Waals surface area contributed by atoms with Gasteiger partial charge in [0.05, 0.1) is 23.1 Å². The maximum absolute atomic E-state index is 14.7. The molecule has 0 spiro atoms. The zero-order chi connectivity index (χ0) is 21.9. The zero-order valence-electron chi connectivity index (χ0n) is 17.8. The molecule has 4 aromatic rings. The first kappa shape index (κ1) is 20.1. The Morgan fingerprint density at radius 2 is 1.88 bits per heavy atom. The first-order valence-electron chi connectivity index (χ1n) is 10.8. The van der Waals surface area contributed by atoms with E-state index in [9.17, 15) is 4.39 Å². The molecule has 7 nitrogen and oxygen atoms in total. The van der Waals surface area contributed by atoms with Gasteiger partial charge < -0.3 is 15.5 Å². The molecule has 2 aromatic heterocycles. The molecule has 0 bridgehead atoms. The van der Waals surface area contributed by atoms with E-state index < -0.39 is 0 Å². The number of aryl methyl sites for hydroxylation is 1. The van der Waals surface area contributed by atoms with Crippen molar-refractivity contribution < 1.29 is 4.39 Å². The van der Waals surface area contributed by atoms with Gasteiger partial charge in [0, 0.05) is 30.4 Å². The zero-order valence-corrected chi connectivity index (χ0v) is 17.8. The molecule has 1 saturated heterocycles. The van der Waals surface area contributed by atoms with Crippen LogP contribution in [0.2, 0.25) is 0 Å². The molecule has 32 heavy (non-hydrogen) atoms. The summed E-state index contributed by atoms with van der Waals surface area (Å²) in [7, 11) is 0. The van der Waals surface area contributed by atoms with E-state index in [1.807, 2.05) is 37.3 Å². The van der Waals surface area contributed by atoms with Gasteiger partial charge in [-0.15, -0.1) is 0 Å². The number of hydrogen-bond donors (Lipinski definition) is 2. The van der Waals surface area contributed by atoms with Crippen LogP contribution in [0.5, 0.6) is 0 Å². The highest BCUT2D eigenvalue weighted by molar-refractivity contribution is 5.93. The third-order valence-corrected chi connectivity index (χ3v) is 5.69. The fourth-order valence-electron chi connectivity index (χ4n) is 4.05. The van der Waals surface area contributed by atoms with Crippen LogP contribution in [0.25, 0.3) is 10.9 Å². The van der Waals surface area contributed by atoms with E-state index in [1.165, 1.54) is 12.5 Å². The third-order valence-electron chi connectivity index (χ3n) is 5.69. The Morgan fingerprint density at radius 1 is 1.00 bits per heavy atom. The smallest absolute Gasteiger partial charge is 0.229 e. The Labute approximate surface area is 185 Å². The average molecular weight is 430 g/mol. The summed E-state index contributed by atoms with van der Waals surface area (Å²) in [5.41, 5.74) is 3.96. The van der Waals surface area contributed by atoms with Crippen molar-refractivity contribution in [2.75, 3.05) is 28.6 Å². The summed E-state index contributed by atoms with van der Waals surface area (Å²) < 4.78 is 14.7. The second-order valence-electron chi connectivity index (χ2n) is 7.96. The lowest BCUT2D eigenvalue weighted by molar-refractivity contribution is 0.557. The van der Waals surface area contributed by atoms with E-state index in [-0.39, 0.29) is 5.82 Å². The van der Waals surface area contributed by atoms with E-state index in [2.05, 4.69) is 35.7 Å². The van der Waals surface area contributed by atoms with Crippen LogP contribution in [0.15, 0.2) is 54.9 Å². The highest BCUT2D eigenvalue weighted by Gasteiger charge is 2.15. The van der Waals surface area contributed by atoms with Gasteiger partial charge in [0.1, 0.15) is 11.6 Å². The van der Waals surface area contributed by atoms with Gasteiger partial charge in [-0.3, -0.25) is 0 Å². The topological polar surface area (TPSA) is 78.9 Å². The van der Waals surface area contributed by atoms with E-state index in [0.717, 1.165) is 48.1 Å². The predicted octanol–water partition coefficient (Wildman–Crippen LogP) is 5.34. The summed E-state index contributed by atoms with van der Waals surface area (Å²) in [6, 6.07) is 12.9. The molecular formula is C24H24FN7. The third kappa shape index (κ3) is 4.16. The van der Waals surface area contributed by atoms with Crippen LogP contribution < -0.4 is 15.5 Å². The first-order valence-corrected chi connectivity index (χ1v) is 10.8. The van der Waals surface area contributed by atoms with E-state index in [0.29, 0.717) is 23.1 Å². The molecule has 5 rings (SSSR count). The molecule has 0 radical (unpaired) electrons. The van der Waals surface area contributed by atoms with Crippen LogP contribution >= 0.6 is 0 Å². The Morgan fingerprint density at radius 3 is 2.72 bits per heavy atom. The number of benzene rings is 2. The van der Waals surface area contributed by atoms with Gasteiger partial charge in [-0.05, 0) is 56.0 Å². The van der Waals surface area contributed by atoms with Crippen molar-refractivity contribution in [1.29, 1.82) is 0 Å². The molecule has 0 unspecified atom stereocenters. The molecule has 3 heterocycles.